The van der Waals surface area contributed by atoms with E-state index in [-0.39, 0.29) is 13.2 Å². The van der Waals surface area contributed by atoms with Crippen LogP contribution in [-0.2, 0) is 19.0 Å². The van der Waals surface area contributed by atoms with Crippen LogP contribution in [0.3, 0.4) is 0 Å². The summed E-state index contributed by atoms with van der Waals surface area (Å²) in [7, 11) is -3.64. The third-order valence-electron chi connectivity index (χ3n) is 4.58. The van der Waals surface area contributed by atoms with Gasteiger partial charge in [0.2, 0.25) is 0 Å². The number of anilines is 2. The highest BCUT2D eigenvalue weighted by molar-refractivity contribution is 7.85. The van der Waals surface area contributed by atoms with Gasteiger partial charge in [-0.1, -0.05) is 5.57 Å². The molecule has 2 fully saturated rings. The van der Waals surface area contributed by atoms with Crippen LogP contribution >= 0.6 is 0 Å². The van der Waals surface area contributed by atoms with Gasteiger partial charge in [-0.2, -0.15) is 8.42 Å². The number of piperidine rings is 1. The maximum Gasteiger partial charge on any atom is 0.414 e. The molecule has 1 aromatic rings. The van der Waals surface area contributed by atoms with Gasteiger partial charge in [0.15, 0.2) is 6.20 Å². The molecule has 3 rings (SSSR count). The number of hydrogen-bond acceptors (Lipinski definition) is 6. The molecule has 150 valence electrons. The van der Waals surface area contributed by atoms with Crippen molar-refractivity contribution in [2.24, 2.45) is 0 Å². The Morgan fingerprint density at radius 1 is 1.39 bits per heavy atom. The Hall–Kier alpha value is -2.64. The lowest BCUT2D eigenvalue weighted by Gasteiger charge is -2.31. The number of ether oxygens (including phenoxy) is 1. The average molecular weight is 409 g/mol. The Kier molecular flexibility index (Phi) is 5.86. The molecule has 10 heteroatoms. The Labute approximate surface area is 163 Å². The lowest BCUT2D eigenvalue weighted by molar-refractivity contribution is 0.107. The standard InChI is InChI=1S/C18H20FN3O5S/c1-20-10-13-5-7-21(8-6-13)17-4-3-14(9-16(17)19)22-11-15(27-18(22)23)12-26-28(2,24)25/h3-4,9-10,15H,5-8,11-12H2,2H3/t15-/m1/s1. The number of halogens is 1. The summed E-state index contributed by atoms with van der Waals surface area (Å²) in [5.74, 6) is -0.459. The van der Waals surface area contributed by atoms with Crippen molar-refractivity contribution in [3.8, 4) is 0 Å². The lowest BCUT2D eigenvalue weighted by atomic mass is 10.0. The first-order valence-electron chi connectivity index (χ1n) is 8.68. The summed E-state index contributed by atoms with van der Waals surface area (Å²) >= 11 is 0. The molecule has 1 atom stereocenters. The molecule has 2 saturated heterocycles. The molecule has 0 N–H and O–H groups in total. The van der Waals surface area contributed by atoms with E-state index >= 15 is 0 Å². The third-order valence-corrected chi connectivity index (χ3v) is 5.14. The first-order chi connectivity index (χ1) is 13.3. The smallest absolute Gasteiger partial charge is 0.414 e. The molecular formula is C18H20FN3O5S. The van der Waals surface area contributed by atoms with E-state index in [1.807, 2.05) is 4.90 Å². The minimum absolute atomic E-state index is 0.0711. The molecule has 1 aromatic carbocycles. The van der Waals surface area contributed by atoms with E-state index in [1.54, 1.807) is 12.1 Å². The summed E-state index contributed by atoms with van der Waals surface area (Å²) < 4.78 is 46.5. The highest BCUT2D eigenvalue weighted by atomic mass is 32.2. The van der Waals surface area contributed by atoms with E-state index in [1.165, 1.54) is 17.2 Å². The van der Waals surface area contributed by atoms with Crippen molar-refractivity contribution >= 4 is 27.6 Å². The summed E-state index contributed by atoms with van der Waals surface area (Å²) in [6.45, 7) is 7.90. The lowest BCUT2D eigenvalue weighted by Crippen LogP contribution is -2.31. The van der Waals surface area contributed by atoms with Gasteiger partial charge in [-0.05, 0) is 31.0 Å². The highest BCUT2D eigenvalue weighted by Gasteiger charge is 2.33. The zero-order valence-electron chi connectivity index (χ0n) is 15.3. The maximum absolute atomic E-state index is 14.7. The van der Waals surface area contributed by atoms with Crippen LogP contribution in [0.1, 0.15) is 12.8 Å². The zero-order valence-corrected chi connectivity index (χ0v) is 16.1. The van der Waals surface area contributed by atoms with E-state index in [2.05, 4.69) is 9.03 Å². The maximum atomic E-state index is 14.7. The molecule has 0 spiro atoms. The number of cyclic esters (lactones) is 1. The van der Waals surface area contributed by atoms with Gasteiger partial charge in [0.05, 0.1) is 30.7 Å². The number of rotatable bonds is 5. The van der Waals surface area contributed by atoms with Gasteiger partial charge < -0.3 is 9.64 Å². The summed E-state index contributed by atoms with van der Waals surface area (Å²) in [6.07, 6.45) is 2.44. The minimum atomic E-state index is -3.64. The molecule has 0 bridgehead atoms. The first kappa shape index (κ1) is 20.1. The van der Waals surface area contributed by atoms with Crippen molar-refractivity contribution < 1.29 is 26.5 Å². The largest absolute Gasteiger partial charge is 0.441 e. The quantitative estimate of drug-likeness (QED) is 0.549. The number of carbonyl (C=O) groups is 1. The molecule has 0 saturated carbocycles. The predicted molar refractivity (Wildman–Crippen MR) is 101 cm³/mol. The second-order valence-electron chi connectivity index (χ2n) is 6.64. The van der Waals surface area contributed by atoms with Crippen LogP contribution in [0, 0.1) is 12.4 Å². The Morgan fingerprint density at radius 3 is 2.71 bits per heavy atom. The second-order valence-corrected chi connectivity index (χ2v) is 8.29. The van der Waals surface area contributed by atoms with E-state index < -0.39 is 28.1 Å². The van der Waals surface area contributed by atoms with Crippen LogP contribution in [0.2, 0.25) is 0 Å². The van der Waals surface area contributed by atoms with Crippen LogP contribution in [0.5, 0.6) is 0 Å². The van der Waals surface area contributed by atoms with Crippen molar-refractivity contribution in [1.82, 2.24) is 0 Å². The average Bonchev–Trinajstić information content (AvgIpc) is 3.01. The van der Waals surface area contributed by atoms with Crippen molar-refractivity contribution in [3.05, 3.63) is 47.2 Å². The van der Waals surface area contributed by atoms with Crippen molar-refractivity contribution in [3.63, 3.8) is 0 Å². The molecule has 0 aromatic heterocycles. The van der Waals surface area contributed by atoms with E-state index in [0.717, 1.165) is 11.8 Å². The second kappa shape index (κ2) is 8.16. The number of benzene rings is 1. The number of carbonyl (C=O) groups excluding carboxylic acids is 1. The first-order valence-corrected chi connectivity index (χ1v) is 10.5. The van der Waals surface area contributed by atoms with Crippen LogP contribution in [0.4, 0.5) is 20.6 Å². The van der Waals surface area contributed by atoms with E-state index in [9.17, 15) is 17.6 Å². The molecule has 0 unspecified atom stereocenters. The monoisotopic (exact) mass is 409 g/mol. The molecule has 8 nitrogen and oxygen atoms in total. The van der Waals surface area contributed by atoms with Gasteiger partial charge >= 0.3 is 6.09 Å². The zero-order chi connectivity index (χ0) is 20.3. The molecule has 0 aliphatic carbocycles. The van der Waals surface area contributed by atoms with Gasteiger partial charge in [0.25, 0.3) is 10.1 Å². The minimum Gasteiger partial charge on any atom is -0.441 e. The Morgan fingerprint density at radius 2 is 2.11 bits per heavy atom. The molecular weight excluding hydrogens is 389 g/mol. The summed E-state index contributed by atoms with van der Waals surface area (Å²) in [5, 5.41) is 0. The van der Waals surface area contributed by atoms with Crippen LogP contribution in [-0.4, -0.2) is 53.1 Å². The Bertz CT molecular complexity index is 931. The molecule has 28 heavy (non-hydrogen) atoms. The summed E-state index contributed by atoms with van der Waals surface area (Å²) in [6, 6.07) is 4.51. The van der Waals surface area contributed by atoms with Gasteiger partial charge in [0, 0.05) is 13.1 Å². The van der Waals surface area contributed by atoms with Gasteiger partial charge in [-0.15, -0.1) is 0 Å². The fourth-order valence-electron chi connectivity index (χ4n) is 3.19. The van der Waals surface area contributed by atoms with Crippen LogP contribution < -0.4 is 9.80 Å². The van der Waals surface area contributed by atoms with Gasteiger partial charge in [0.1, 0.15) is 18.5 Å². The fourth-order valence-corrected chi connectivity index (χ4v) is 3.59. The van der Waals surface area contributed by atoms with Gasteiger partial charge in [-0.25, -0.2) is 14.0 Å². The third kappa shape index (κ3) is 4.79. The van der Waals surface area contributed by atoms with E-state index in [0.29, 0.717) is 37.3 Å². The normalized spacial score (nSPS) is 20.1. The number of nitrogens with zero attached hydrogens (tertiary/aromatic N) is 3. The number of amides is 1. The molecule has 2 aliphatic rings. The topological polar surface area (TPSA) is 80.5 Å². The predicted octanol–water partition coefficient (Wildman–Crippen LogP) is 2.53. The molecule has 1 amide bonds. The van der Waals surface area contributed by atoms with Crippen molar-refractivity contribution in [2.75, 3.05) is 42.3 Å². The highest BCUT2D eigenvalue weighted by Crippen LogP contribution is 2.30. The van der Waals surface area contributed by atoms with Crippen LogP contribution in [0.15, 0.2) is 30.0 Å². The molecule has 2 aliphatic heterocycles. The summed E-state index contributed by atoms with van der Waals surface area (Å²) in [4.78, 5) is 18.5. The molecule has 2 heterocycles. The van der Waals surface area contributed by atoms with E-state index in [4.69, 9.17) is 11.3 Å². The molecule has 0 radical (unpaired) electrons. The van der Waals surface area contributed by atoms with Crippen molar-refractivity contribution in [2.45, 2.75) is 18.9 Å². The SMILES string of the molecule is [C-]#[N+]C=C1CCN(c2ccc(N3C[C@H](COS(C)(=O)=O)OC3=O)cc2F)CC1. The van der Waals surface area contributed by atoms with Gasteiger partial charge in [-0.3, -0.25) is 9.08 Å². The van der Waals surface area contributed by atoms with Crippen molar-refractivity contribution in [1.29, 1.82) is 0 Å². The Balaban J connectivity index is 1.67. The summed E-state index contributed by atoms with van der Waals surface area (Å²) in [5.41, 5.74) is 1.83. The number of hydrogen-bond donors (Lipinski definition) is 0. The van der Waals surface area contributed by atoms with Crippen LogP contribution in [0.25, 0.3) is 4.85 Å². The fraction of sp³-hybridized carbons (Fsp3) is 0.444.